The highest BCUT2D eigenvalue weighted by atomic mass is 32.2. The maximum Gasteiger partial charge on any atom is 0.254 e. The van der Waals surface area contributed by atoms with Crippen molar-refractivity contribution in [3.05, 3.63) is 65.7 Å². The number of halogens is 1. The van der Waals surface area contributed by atoms with Gasteiger partial charge in [-0.3, -0.25) is 9.59 Å². The maximum atomic E-state index is 13.9. The predicted octanol–water partition coefficient (Wildman–Crippen LogP) is 3.67. The molecule has 3 rings (SSSR count). The monoisotopic (exact) mass is 457 g/mol. The number of para-hydroxylation sites is 2. The minimum absolute atomic E-state index is 0.0375. The molecule has 0 bridgehead atoms. The van der Waals surface area contributed by atoms with Gasteiger partial charge in [0.15, 0.2) is 11.0 Å². The fourth-order valence-electron chi connectivity index (χ4n) is 3.07. The van der Waals surface area contributed by atoms with Crippen molar-refractivity contribution in [3.63, 3.8) is 0 Å². The summed E-state index contributed by atoms with van der Waals surface area (Å²) in [4.78, 5) is 24.8. The number of nitrogens with zero attached hydrogens (tertiary/aromatic N) is 3. The lowest BCUT2D eigenvalue weighted by Gasteiger charge is -2.15. The van der Waals surface area contributed by atoms with Gasteiger partial charge in [0.2, 0.25) is 5.91 Å². The van der Waals surface area contributed by atoms with E-state index < -0.39 is 17.8 Å². The summed E-state index contributed by atoms with van der Waals surface area (Å²) in [5.74, 6) is -0.133. The van der Waals surface area contributed by atoms with E-state index in [1.165, 1.54) is 37.1 Å². The molecule has 0 saturated heterocycles. The van der Waals surface area contributed by atoms with Gasteiger partial charge in [-0.15, -0.1) is 10.2 Å². The minimum atomic E-state index is -0.591. The van der Waals surface area contributed by atoms with Gasteiger partial charge in [-0.2, -0.15) is 0 Å². The van der Waals surface area contributed by atoms with E-state index in [1.807, 2.05) is 23.6 Å². The summed E-state index contributed by atoms with van der Waals surface area (Å²) in [6.45, 7) is 4.20. The molecule has 168 valence electrons. The van der Waals surface area contributed by atoms with Crippen LogP contribution in [0.1, 0.15) is 36.1 Å². The van der Waals surface area contributed by atoms with Gasteiger partial charge in [0.05, 0.1) is 30.2 Å². The summed E-state index contributed by atoms with van der Waals surface area (Å²) in [5, 5.41) is 14.4. The van der Waals surface area contributed by atoms with Crippen molar-refractivity contribution in [2.45, 2.75) is 31.6 Å². The largest absolute Gasteiger partial charge is 0.495 e. The van der Waals surface area contributed by atoms with Gasteiger partial charge in [0, 0.05) is 6.54 Å². The minimum Gasteiger partial charge on any atom is -0.495 e. The number of rotatable bonds is 9. The highest BCUT2D eigenvalue weighted by Crippen LogP contribution is 2.25. The molecular weight excluding hydrogens is 433 g/mol. The van der Waals surface area contributed by atoms with Crippen LogP contribution >= 0.6 is 11.8 Å². The smallest absolute Gasteiger partial charge is 0.254 e. The topological polar surface area (TPSA) is 98.1 Å². The Labute approximate surface area is 189 Å². The number of ether oxygens (including phenoxy) is 1. The number of carbonyl (C=O) groups is 2. The summed E-state index contributed by atoms with van der Waals surface area (Å²) in [7, 11) is 1.54. The van der Waals surface area contributed by atoms with E-state index in [1.54, 1.807) is 25.1 Å². The van der Waals surface area contributed by atoms with E-state index in [4.69, 9.17) is 4.74 Å². The summed E-state index contributed by atoms with van der Waals surface area (Å²) in [5.41, 5.74) is 0.548. The molecule has 2 N–H and O–H groups in total. The number of anilines is 1. The second-order valence-corrected chi connectivity index (χ2v) is 7.74. The molecule has 1 aromatic heterocycles. The van der Waals surface area contributed by atoms with Gasteiger partial charge in [0.1, 0.15) is 11.6 Å². The van der Waals surface area contributed by atoms with Crippen LogP contribution in [-0.4, -0.2) is 39.4 Å². The molecule has 0 aliphatic heterocycles. The average molecular weight is 458 g/mol. The van der Waals surface area contributed by atoms with Crippen LogP contribution in [0.15, 0.2) is 53.7 Å². The van der Waals surface area contributed by atoms with E-state index in [0.717, 1.165) is 0 Å². The standard InChI is InChI=1S/C22H24FN5O3S/c1-4-28-20(14(2)24-21(30)15-9-5-6-10-16(15)23)26-27-22(28)32-13-19(29)25-17-11-7-8-12-18(17)31-3/h5-12,14H,4,13H2,1-3H3,(H,24,30)(H,25,29). The number of hydrogen-bond donors (Lipinski definition) is 2. The van der Waals surface area contributed by atoms with E-state index in [0.29, 0.717) is 29.0 Å². The van der Waals surface area contributed by atoms with Crippen molar-refractivity contribution in [2.24, 2.45) is 0 Å². The number of thioether (sulfide) groups is 1. The van der Waals surface area contributed by atoms with Gasteiger partial charge in [-0.05, 0) is 38.1 Å². The first kappa shape index (κ1) is 23.3. The van der Waals surface area contributed by atoms with Crippen LogP contribution in [0.3, 0.4) is 0 Å². The number of aromatic nitrogens is 3. The highest BCUT2D eigenvalue weighted by molar-refractivity contribution is 7.99. The first-order valence-electron chi connectivity index (χ1n) is 9.98. The molecule has 0 saturated carbocycles. The van der Waals surface area contributed by atoms with Crippen molar-refractivity contribution in [2.75, 3.05) is 18.2 Å². The lowest BCUT2D eigenvalue weighted by molar-refractivity contribution is -0.113. The summed E-state index contributed by atoms with van der Waals surface area (Å²) < 4.78 is 20.9. The molecule has 2 amide bonds. The Morgan fingerprint density at radius 1 is 1.16 bits per heavy atom. The van der Waals surface area contributed by atoms with E-state index >= 15 is 0 Å². The molecule has 0 fully saturated rings. The molecule has 32 heavy (non-hydrogen) atoms. The number of methoxy groups -OCH3 is 1. The molecular formula is C22H24FN5O3S. The molecule has 10 heteroatoms. The Morgan fingerprint density at radius 3 is 2.59 bits per heavy atom. The van der Waals surface area contributed by atoms with E-state index in [2.05, 4.69) is 20.8 Å². The molecule has 2 aromatic carbocycles. The Hall–Kier alpha value is -3.40. The molecule has 0 spiro atoms. The Kier molecular flexibility index (Phi) is 7.82. The fraction of sp³-hybridized carbons (Fsp3) is 0.273. The molecule has 0 radical (unpaired) electrons. The molecule has 0 aliphatic carbocycles. The van der Waals surface area contributed by atoms with Gasteiger partial charge < -0.3 is 19.9 Å². The lowest BCUT2D eigenvalue weighted by atomic mass is 10.2. The van der Waals surface area contributed by atoms with Crippen molar-refractivity contribution < 1.29 is 18.7 Å². The van der Waals surface area contributed by atoms with Crippen LogP contribution in [0.4, 0.5) is 10.1 Å². The highest BCUT2D eigenvalue weighted by Gasteiger charge is 2.21. The number of carbonyl (C=O) groups excluding carboxylic acids is 2. The van der Waals surface area contributed by atoms with Crippen LogP contribution in [0.5, 0.6) is 5.75 Å². The fourth-order valence-corrected chi connectivity index (χ4v) is 3.88. The van der Waals surface area contributed by atoms with Crippen molar-refractivity contribution >= 4 is 29.3 Å². The average Bonchev–Trinajstić information content (AvgIpc) is 3.21. The normalized spacial score (nSPS) is 11.6. The maximum absolute atomic E-state index is 13.9. The van der Waals surface area contributed by atoms with Crippen LogP contribution in [0, 0.1) is 5.82 Å². The molecule has 3 aromatic rings. The SMILES string of the molecule is CCn1c(SCC(=O)Nc2ccccc2OC)nnc1C(C)NC(=O)c1ccccc1F. The second kappa shape index (κ2) is 10.8. The number of nitrogens with one attached hydrogen (secondary N) is 2. The molecule has 0 aliphatic rings. The van der Waals surface area contributed by atoms with E-state index in [9.17, 15) is 14.0 Å². The molecule has 8 nitrogen and oxygen atoms in total. The Balaban J connectivity index is 1.64. The zero-order valence-electron chi connectivity index (χ0n) is 18.0. The third-order valence-electron chi connectivity index (χ3n) is 4.63. The number of benzene rings is 2. The zero-order valence-corrected chi connectivity index (χ0v) is 18.8. The third kappa shape index (κ3) is 5.44. The predicted molar refractivity (Wildman–Crippen MR) is 120 cm³/mol. The molecule has 1 unspecified atom stereocenters. The Morgan fingerprint density at radius 2 is 1.88 bits per heavy atom. The first-order chi connectivity index (χ1) is 15.4. The molecule has 1 atom stereocenters. The van der Waals surface area contributed by atoms with Crippen molar-refractivity contribution in [1.82, 2.24) is 20.1 Å². The van der Waals surface area contributed by atoms with E-state index in [-0.39, 0.29) is 17.2 Å². The second-order valence-electron chi connectivity index (χ2n) is 6.80. The van der Waals surface area contributed by atoms with Gasteiger partial charge in [0.25, 0.3) is 5.91 Å². The van der Waals surface area contributed by atoms with Gasteiger partial charge in [-0.1, -0.05) is 36.0 Å². The summed E-state index contributed by atoms with van der Waals surface area (Å²) >= 11 is 1.23. The lowest BCUT2D eigenvalue weighted by Crippen LogP contribution is -2.29. The first-order valence-corrected chi connectivity index (χ1v) is 11.0. The van der Waals surface area contributed by atoms with Crippen LogP contribution < -0.4 is 15.4 Å². The van der Waals surface area contributed by atoms with Crippen LogP contribution in [0.2, 0.25) is 0 Å². The molecule has 1 heterocycles. The summed E-state index contributed by atoms with van der Waals surface area (Å²) in [6, 6.07) is 12.4. The van der Waals surface area contributed by atoms with Gasteiger partial charge in [-0.25, -0.2) is 4.39 Å². The quantitative estimate of drug-likeness (QED) is 0.476. The van der Waals surface area contributed by atoms with Crippen molar-refractivity contribution in [3.8, 4) is 5.75 Å². The van der Waals surface area contributed by atoms with Gasteiger partial charge >= 0.3 is 0 Å². The number of hydrogen-bond acceptors (Lipinski definition) is 6. The Bertz CT molecular complexity index is 1100. The summed E-state index contributed by atoms with van der Waals surface area (Å²) in [6.07, 6.45) is 0. The third-order valence-corrected chi connectivity index (χ3v) is 5.60. The zero-order chi connectivity index (χ0) is 23.1. The van der Waals surface area contributed by atoms with Crippen LogP contribution in [0.25, 0.3) is 0 Å². The van der Waals surface area contributed by atoms with Crippen molar-refractivity contribution in [1.29, 1.82) is 0 Å². The number of amides is 2. The van der Waals surface area contributed by atoms with Crippen LogP contribution in [-0.2, 0) is 11.3 Å².